The normalized spacial score (nSPS) is 10.1. The summed E-state index contributed by atoms with van der Waals surface area (Å²) in [6.45, 7) is 5.43. The standard InChI is InChI=1S/C8H13N3S.Y/c1-3-4-11(2)6-7-5-9-8(12)10-7;/h5H,1-4,6H2,(H2,9,10,12);/q-2;. The summed E-state index contributed by atoms with van der Waals surface area (Å²) in [5, 5.41) is 0. The number of nitrogens with one attached hydrogen (secondary N) is 2. The van der Waals surface area contributed by atoms with Crippen LogP contribution in [0.25, 0.3) is 0 Å². The second kappa shape index (κ2) is 6.88. The molecule has 0 saturated heterocycles. The van der Waals surface area contributed by atoms with Crippen molar-refractivity contribution in [3.8, 4) is 0 Å². The van der Waals surface area contributed by atoms with Gasteiger partial charge in [0, 0.05) is 51.1 Å². The van der Waals surface area contributed by atoms with E-state index >= 15 is 0 Å². The van der Waals surface area contributed by atoms with E-state index in [9.17, 15) is 0 Å². The summed E-state index contributed by atoms with van der Waals surface area (Å²) in [6.07, 6.45) is 2.73. The van der Waals surface area contributed by atoms with Crippen LogP contribution in [0.1, 0.15) is 12.1 Å². The molecular weight excluding hydrogens is 259 g/mol. The van der Waals surface area contributed by atoms with Crippen LogP contribution in [0.3, 0.4) is 0 Å². The zero-order valence-electron chi connectivity index (χ0n) is 7.55. The first-order valence-corrected chi connectivity index (χ1v) is 4.24. The van der Waals surface area contributed by atoms with Gasteiger partial charge in [-0.05, 0) is 12.2 Å². The van der Waals surface area contributed by atoms with Crippen LogP contribution in [0, 0.1) is 18.7 Å². The van der Waals surface area contributed by atoms with E-state index in [4.69, 9.17) is 12.2 Å². The third-order valence-electron chi connectivity index (χ3n) is 1.52. The van der Waals surface area contributed by atoms with Crippen molar-refractivity contribution in [2.75, 3.05) is 6.54 Å². The maximum Gasteiger partial charge on any atom is 0.174 e. The van der Waals surface area contributed by atoms with E-state index in [-0.39, 0.29) is 32.7 Å². The fraction of sp³-hybridized carbons (Fsp3) is 0.375. The van der Waals surface area contributed by atoms with Gasteiger partial charge >= 0.3 is 0 Å². The average Bonchev–Trinajstić information content (AvgIpc) is 2.36. The van der Waals surface area contributed by atoms with Crippen molar-refractivity contribution in [3.05, 3.63) is 30.6 Å². The maximum absolute atomic E-state index is 4.89. The van der Waals surface area contributed by atoms with E-state index in [0.717, 1.165) is 25.2 Å². The van der Waals surface area contributed by atoms with E-state index in [1.807, 2.05) is 11.1 Å². The van der Waals surface area contributed by atoms with E-state index in [2.05, 4.69) is 23.9 Å². The fourth-order valence-electron chi connectivity index (χ4n) is 0.999. The van der Waals surface area contributed by atoms with Crippen LogP contribution >= 0.6 is 12.2 Å². The molecule has 0 aromatic carbocycles. The minimum Gasteiger partial charge on any atom is -0.456 e. The molecule has 0 aliphatic heterocycles. The van der Waals surface area contributed by atoms with E-state index in [1.165, 1.54) is 0 Å². The van der Waals surface area contributed by atoms with Gasteiger partial charge in [0.25, 0.3) is 0 Å². The van der Waals surface area contributed by atoms with Gasteiger partial charge in [-0.2, -0.15) is 6.42 Å². The number of imidazole rings is 1. The summed E-state index contributed by atoms with van der Waals surface area (Å²) in [7, 11) is 3.86. The third-order valence-corrected chi connectivity index (χ3v) is 1.74. The first kappa shape index (κ1) is 13.5. The summed E-state index contributed by atoms with van der Waals surface area (Å²) in [5.74, 6) is 0. The summed E-state index contributed by atoms with van der Waals surface area (Å²) in [4.78, 5) is 7.87. The molecule has 5 heteroatoms. The molecule has 1 radical (unpaired) electrons. The predicted molar refractivity (Wildman–Crippen MR) is 51.7 cm³/mol. The Morgan fingerprint density at radius 1 is 1.54 bits per heavy atom. The molecule has 3 nitrogen and oxygen atoms in total. The molecule has 0 fully saturated rings. The van der Waals surface area contributed by atoms with Crippen molar-refractivity contribution < 1.29 is 32.7 Å². The molecule has 2 N–H and O–H groups in total. The Labute approximate surface area is 109 Å². The molecule has 1 aromatic rings. The Kier molecular flexibility index (Phi) is 7.14. The van der Waals surface area contributed by atoms with Gasteiger partial charge in [-0.15, -0.1) is 0 Å². The number of aromatic amines is 2. The molecule has 0 bridgehead atoms. The average molecular weight is 272 g/mol. The zero-order valence-corrected chi connectivity index (χ0v) is 11.2. The van der Waals surface area contributed by atoms with Crippen LogP contribution in [-0.2, 0) is 39.3 Å². The molecule has 0 aliphatic carbocycles. The van der Waals surface area contributed by atoms with Crippen molar-refractivity contribution in [1.82, 2.24) is 14.9 Å². The summed E-state index contributed by atoms with van der Waals surface area (Å²) in [6, 6.07) is 0. The van der Waals surface area contributed by atoms with Crippen LogP contribution < -0.4 is 0 Å². The van der Waals surface area contributed by atoms with Crippen molar-refractivity contribution in [2.24, 2.45) is 0 Å². The molecule has 0 atom stereocenters. The van der Waals surface area contributed by atoms with Crippen molar-refractivity contribution >= 4 is 12.2 Å². The number of aromatic nitrogens is 2. The number of hydrogen-bond acceptors (Lipinski definition) is 2. The minimum atomic E-state index is 0. The molecule has 0 amide bonds. The Balaban J connectivity index is 0.00000144. The number of nitrogens with zero attached hydrogens (tertiary/aromatic N) is 1. The third kappa shape index (κ3) is 5.06. The second-order valence-electron chi connectivity index (χ2n) is 2.67. The van der Waals surface area contributed by atoms with Crippen LogP contribution in [0.15, 0.2) is 6.20 Å². The number of rotatable bonds is 4. The molecule has 0 aliphatic rings. The van der Waals surface area contributed by atoms with Gasteiger partial charge in [0.2, 0.25) is 0 Å². The Morgan fingerprint density at radius 3 is 2.69 bits per heavy atom. The van der Waals surface area contributed by atoms with Gasteiger partial charge in [-0.1, -0.05) is 6.54 Å². The van der Waals surface area contributed by atoms with Crippen LogP contribution in [0.4, 0.5) is 0 Å². The topological polar surface area (TPSA) is 34.8 Å². The molecule has 0 unspecified atom stereocenters. The predicted octanol–water partition coefficient (Wildman–Crippen LogP) is 1.89. The quantitative estimate of drug-likeness (QED) is 0.648. The van der Waals surface area contributed by atoms with Gasteiger partial charge in [0.1, 0.15) is 0 Å². The van der Waals surface area contributed by atoms with Gasteiger partial charge in [-0.3, -0.25) is 7.05 Å². The Morgan fingerprint density at radius 2 is 2.23 bits per heavy atom. The van der Waals surface area contributed by atoms with Crippen molar-refractivity contribution in [3.63, 3.8) is 0 Å². The summed E-state index contributed by atoms with van der Waals surface area (Å²) < 4.78 is 0.660. The van der Waals surface area contributed by atoms with Crippen molar-refractivity contribution in [2.45, 2.75) is 13.0 Å². The first-order valence-electron chi connectivity index (χ1n) is 3.83. The maximum atomic E-state index is 4.89. The van der Waals surface area contributed by atoms with Crippen LogP contribution in [-0.4, -0.2) is 21.4 Å². The smallest absolute Gasteiger partial charge is 0.174 e. The SMILES string of the molecule is [CH2-]CCN([CH2-])Cc1c[nH]c(=S)[nH]1.[Y]. The monoisotopic (exact) mass is 272 g/mol. The molecule has 0 spiro atoms. The largest absolute Gasteiger partial charge is 0.456 e. The van der Waals surface area contributed by atoms with Gasteiger partial charge in [0.15, 0.2) is 4.77 Å². The molecule has 0 saturated carbocycles. The second-order valence-corrected chi connectivity index (χ2v) is 3.08. The Hall–Kier alpha value is 0.494. The van der Waals surface area contributed by atoms with E-state index in [1.54, 1.807) is 0 Å². The molecule has 71 valence electrons. The number of hydrogen-bond donors (Lipinski definition) is 2. The molecule has 1 aromatic heterocycles. The van der Waals surface area contributed by atoms with Crippen LogP contribution in [0.5, 0.6) is 0 Å². The minimum absolute atomic E-state index is 0. The zero-order chi connectivity index (χ0) is 8.97. The van der Waals surface area contributed by atoms with E-state index < -0.39 is 0 Å². The molecular formula is C8H13N3SY-2. The molecule has 1 rings (SSSR count). The van der Waals surface area contributed by atoms with Gasteiger partial charge < -0.3 is 21.8 Å². The van der Waals surface area contributed by atoms with Gasteiger partial charge in [0.05, 0.1) is 0 Å². The number of H-pyrrole nitrogens is 2. The molecule has 13 heavy (non-hydrogen) atoms. The van der Waals surface area contributed by atoms with E-state index in [0.29, 0.717) is 4.77 Å². The Bertz CT molecular complexity index is 281. The fourth-order valence-corrected chi connectivity index (χ4v) is 1.19. The first-order chi connectivity index (χ1) is 5.72. The summed E-state index contributed by atoms with van der Waals surface area (Å²) >= 11 is 4.89. The van der Waals surface area contributed by atoms with Crippen LogP contribution in [0.2, 0.25) is 0 Å². The van der Waals surface area contributed by atoms with Crippen molar-refractivity contribution in [1.29, 1.82) is 0 Å². The van der Waals surface area contributed by atoms with Gasteiger partial charge in [-0.25, -0.2) is 0 Å². The summed E-state index contributed by atoms with van der Waals surface area (Å²) in [5.41, 5.74) is 1.06. The molecule has 1 heterocycles.